The van der Waals surface area contributed by atoms with Gasteiger partial charge in [0.15, 0.2) is 5.84 Å². The molecule has 3 N–H and O–H groups in total. The fraction of sp³-hybridized carbons (Fsp3) is 0.167. The van der Waals surface area contributed by atoms with Gasteiger partial charge in [0.05, 0.1) is 11.3 Å². The SMILES string of the molecule is Cc1nnc(Sc2ccccn2)c(/C(N)=N/O)c1C. The predicted octanol–water partition coefficient (Wildman–Crippen LogP) is 1.73. The molecule has 0 radical (unpaired) electrons. The fourth-order valence-corrected chi connectivity index (χ4v) is 2.42. The van der Waals surface area contributed by atoms with Gasteiger partial charge >= 0.3 is 0 Å². The number of nitrogens with two attached hydrogens (primary N) is 1. The van der Waals surface area contributed by atoms with E-state index in [0.29, 0.717) is 10.6 Å². The Hall–Kier alpha value is -2.15. The van der Waals surface area contributed by atoms with Crippen LogP contribution in [0.4, 0.5) is 0 Å². The summed E-state index contributed by atoms with van der Waals surface area (Å²) in [6.45, 7) is 3.69. The normalized spacial score (nSPS) is 11.6. The average molecular weight is 275 g/mol. The van der Waals surface area contributed by atoms with E-state index in [4.69, 9.17) is 10.9 Å². The summed E-state index contributed by atoms with van der Waals surface area (Å²) in [6, 6.07) is 5.57. The first kappa shape index (κ1) is 13.3. The third-order valence-electron chi connectivity index (χ3n) is 2.63. The van der Waals surface area contributed by atoms with Crippen LogP contribution in [0.25, 0.3) is 0 Å². The van der Waals surface area contributed by atoms with Crippen LogP contribution in [0, 0.1) is 13.8 Å². The van der Waals surface area contributed by atoms with Gasteiger partial charge in [0.2, 0.25) is 0 Å². The molecule has 0 spiro atoms. The Morgan fingerprint density at radius 3 is 2.74 bits per heavy atom. The summed E-state index contributed by atoms with van der Waals surface area (Å²) in [7, 11) is 0. The number of aromatic nitrogens is 3. The van der Waals surface area contributed by atoms with Crippen LogP contribution in [0.2, 0.25) is 0 Å². The molecule has 0 unspecified atom stereocenters. The number of nitrogens with zero attached hydrogens (tertiary/aromatic N) is 4. The minimum atomic E-state index is 0.0222. The lowest BCUT2D eigenvalue weighted by Gasteiger charge is -2.10. The Labute approximate surface area is 114 Å². The second-order valence-electron chi connectivity index (χ2n) is 3.85. The summed E-state index contributed by atoms with van der Waals surface area (Å²) in [5, 5.41) is 21.4. The summed E-state index contributed by atoms with van der Waals surface area (Å²) >= 11 is 1.32. The fourth-order valence-electron chi connectivity index (χ4n) is 1.52. The topological polar surface area (TPSA) is 97.3 Å². The van der Waals surface area contributed by atoms with Crippen molar-refractivity contribution in [2.45, 2.75) is 23.9 Å². The van der Waals surface area contributed by atoms with E-state index in [-0.39, 0.29) is 5.84 Å². The van der Waals surface area contributed by atoms with Crippen molar-refractivity contribution in [1.82, 2.24) is 15.2 Å². The van der Waals surface area contributed by atoms with Crippen LogP contribution in [0.1, 0.15) is 16.8 Å². The van der Waals surface area contributed by atoms with Crippen LogP contribution in [0.5, 0.6) is 0 Å². The van der Waals surface area contributed by atoms with Crippen LogP contribution >= 0.6 is 11.8 Å². The summed E-state index contributed by atoms with van der Waals surface area (Å²) in [5.41, 5.74) is 7.88. The number of hydrogen-bond donors (Lipinski definition) is 2. The van der Waals surface area contributed by atoms with E-state index in [1.54, 1.807) is 6.20 Å². The number of oxime groups is 1. The van der Waals surface area contributed by atoms with Crippen molar-refractivity contribution < 1.29 is 5.21 Å². The molecule has 98 valence electrons. The molecule has 0 aliphatic heterocycles. The number of amidine groups is 1. The van der Waals surface area contributed by atoms with E-state index < -0.39 is 0 Å². The highest BCUT2D eigenvalue weighted by Crippen LogP contribution is 2.28. The number of aryl methyl sites for hydroxylation is 1. The Kier molecular flexibility index (Phi) is 3.96. The first-order valence-electron chi connectivity index (χ1n) is 5.54. The van der Waals surface area contributed by atoms with E-state index in [2.05, 4.69) is 20.3 Å². The highest BCUT2D eigenvalue weighted by Gasteiger charge is 2.16. The highest BCUT2D eigenvalue weighted by atomic mass is 32.2. The van der Waals surface area contributed by atoms with Gasteiger partial charge in [-0.1, -0.05) is 11.2 Å². The second kappa shape index (κ2) is 5.66. The third kappa shape index (κ3) is 2.82. The lowest BCUT2D eigenvalue weighted by molar-refractivity contribution is 0.318. The minimum Gasteiger partial charge on any atom is -0.409 e. The van der Waals surface area contributed by atoms with Crippen molar-refractivity contribution in [2.24, 2.45) is 10.9 Å². The average Bonchev–Trinajstić information content (AvgIpc) is 2.44. The molecule has 2 aromatic heterocycles. The van der Waals surface area contributed by atoms with Crippen molar-refractivity contribution in [3.63, 3.8) is 0 Å². The highest BCUT2D eigenvalue weighted by molar-refractivity contribution is 7.99. The smallest absolute Gasteiger partial charge is 0.173 e. The van der Waals surface area contributed by atoms with Gasteiger partial charge in [0.25, 0.3) is 0 Å². The van der Waals surface area contributed by atoms with E-state index in [9.17, 15) is 0 Å². The zero-order valence-electron chi connectivity index (χ0n) is 10.5. The molecule has 0 atom stereocenters. The summed E-state index contributed by atoms with van der Waals surface area (Å²) in [6.07, 6.45) is 1.69. The number of pyridine rings is 1. The van der Waals surface area contributed by atoms with Gasteiger partial charge in [-0.05, 0) is 43.3 Å². The minimum absolute atomic E-state index is 0.0222. The first-order chi connectivity index (χ1) is 9.13. The van der Waals surface area contributed by atoms with Crippen molar-refractivity contribution in [3.05, 3.63) is 41.2 Å². The monoisotopic (exact) mass is 275 g/mol. The molecule has 0 saturated carbocycles. The first-order valence-corrected chi connectivity index (χ1v) is 6.35. The Bertz CT molecular complexity index is 615. The molecule has 6 nitrogen and oxygen atoms in total. The van der Waals surface area contributed by atoms with Crippen LogP contribution in [0.15, 0.2) is 39.6 Å². The van der Waals surface area contributed by atoms with Gasteiger partial charge in [-0.2, -0.15) is 5.10 Å². The second-order valence-corrected chi connectivity index (χ2v) is 4.85. The van der Waals surface area contributed by atoms with Crippen molar-refractivity contribution in [2.75, 3.05) is 0 Å². The van der Waals surface area contributed by atoms with E-state index in [1.165, 1.54) is 11.8 Å². The van der Waals surface area contributed by atoms with E-state index >= 15 is 0 Å². The van der Waals surface area contributed by atoms with Crippen LogP contribution in [-0.4, -0.2) is 26.2 Å². The third-order valence-corrected chi connectivity index (χ3v) is 3.56. The van der Waals surface area contributed by atoms with Gasteiger partial charge in [-0.25, -0.2) is 4.98 Å². The molecule has 2 rings (SSSR count). The molecule has 0 aliphatic carbocycles. The Morgan fingerprint density at radius 1 is 1.32 bits per heavy atom. The zero-order valence-corrected chi connectivity index (χ0v) is 11.3. The molecule has 2 aromatic rings. The van der Waals surface area contributed by atoms with Gasteiger partial charge < -0.3 is 10.9 Å². The summed E-state index contributed by atoms with van der Waals surface area (Å²) in [5.74, 6) is 0.0222. The molecular formula is C12H13N5OS. The standard InChI is InChI=1S/C12H13N5OS/c1-7-8(2)15-16-12(10(7)11(13)17-18)19-9-5-3-4-6-14-9/h3-6,18H,1-2H3,(H2,13,17). The zero-order chi connectivity index (χ0) is 13.8. The number of hydrogen-bond acceptors (Lipinski definition) is 6. The lowest BCUT2D eigenvalue weighted by atomic mass is 10.1. The number of rotatable bonds is 3. The van der Waals surface area contributed by atoms with Crippen LogP contribution < -0.4 is 5.73 Å². The van der Waals surface area contributed by atoms with E-state index in [1.807, 2.05) is 32.0 Å². The maximum atomic E-state index is 8.88. The van der Waals surface area contributed by atoms with Gasteiger partial charge in [-0.15, -0.1) is 5.10 Å². The lowest BCUT2D eigenvalue weighted by Crippen LogP contribution is -2.18. The molecule has 0 bridgehead atoms. The quantitative estimate of drug-likeness (QED) is 0.383. The van der Waals surface area contributed by atoms with Gasteiger partial charge in [0, 0.05) is 6.20 Å². The molecule has 0 saturated heterocycles. The largest absolute Gasteiger partial charge is 0.409 e. The van der Waals surface area contributed by atoms with Crippen LogP contribution in [-0.2, 0) is 0 Å². The Balaban J connectivity index is 2.49. The summed E-state index contributed by atoms with van der Waals surface area (Å²) in [4.78, 5) is 4.20. The van der Waals surface area contributed by atoms with Gasteiger partial charge in [-0.3, -0.25) is 0 Å². The van der Waals surface area contributed by atoms with Crippen LogP contribution in [0.3, 0.4) is 0 Å². The molecular weight excluding hydrogens is 262 g/mol. The maximum absolute atomic E-state index is 8.88. The predicted molar refractivity (Wildman–Crippen MR) is 72.4 cm³/mol. The van der Waals surface area contributed by atoms with Crippen molar-refractivity contribution >= 4 is 17.6 Å². The molecule has 2 heterocycles. The molecule has 0 fully saturated rings. The van der Waals surface area contributed by atoms with Crippen molar-refractivity contribution in [1.29, 1.82) is 0 Å². The molecule has 19 heavy (non-hydrogen) atoms. The van der Waals surface area contributed by atoms with Gasteiger partial charge in [0.1, 0.15) is 10.1 Å². The molecule has 0 aromatic carbocycles. The molecule has 0 amide bonds. The summed E-state index contributed by atoms with van der Waals surface area (Å²) < 4.78 is 0. The van der Waals surface area contributed by atoms with E-state index in [0.717, 1.165) is 16.3 Å². The molecule has 0 aliphatic rings. The Morgan fingerprint density at radius 2 is 2.11 bits per heavy atom. The molecule has 7 heteroatoms. The maximum Gasteiger partial charge on any atom is 0.173 e. The van der Waals surface area contributed by atoms with Crippen molar-refractivity contribution in [3.8, 4) is 0 Å².